The van der Waals surface area contributed by atoms with Gasteiger partial charge in [0.2, 0.25) is 0 Å². The van der Waals surface area contributed by atoms with Crippen molar-refractivity contribution in [1.29, 1.82) is 0 Å². The summed E-state index contributed by atoms with van der Waals surface area (Å²) >= 11 is 0. The SMILES string of the molecule is CC1(C)C[C@@H](N)C[C@@H]1c1nnc2cnc3[nH]ccc3n12. The second-order valence-corrected chi connectivity index (χ2v) is 6.46. The summed E-state index contributed by atoms with van der Waals surface area (Å²) in [5.74, 6) is 1.33. The van der Waals surface area contributed by atoms with Crippen molar-refractivity contribution < 1.29 is 0 Å². The highest BCUT2D eigenvalue weighted by molar-refractivity contribution is 5.74. The quantitative estimate of drug-likeness (QED) is 0.706. The highest BCUT2D eigenvalue weighted by atomic mass is 15.3. The van der Waals surface area contributed by atoms with E-state index in [1.54, 1.807) is 6.20 Å². The molecule has 0 amide bonds. The first-order valence-electron chi connectivity index (χ1n) is 6.99. The van der Waals surface area contributed by atoms with Crippen LogP contribution in [0.15, 0.2) is 18.5 Å². The maximum absolute atomic E-state index is 6.17. The van der Waals surface area contributed by atoms with Gasteiger partial charge in [0, 0.05) is 18.2 Å². The monoisotopic (exact) mass is 270 g/mol. The molecule has 0 saturated heterocycles. The number of nitrogens with two attached hydrogens (primary N) is 1. The van der Waals surface area contributed by atoms with Gasteiger partial charge in [-0.1, -0.05) is 13.8 Å². The first-order chi connectivity index (χ1) is 9.56. The molecule has 0 bridgehead atoms. The van der Waals surface area contributed by atoms with Crippen molar-refractivity contribution in [1.82, 2.24) is 24.6 Å². The van der Waals surface area contributed by atoms with E-state index in [0.29, 0.717) is 5.92 Å². The Morgan fingerprint density at radius 3 is 3.00 bits per heavy atom. The van der Waals surface area contributed by atoms with Crippen molar-refractivity contribution in [3.05, 3.63) is 24.3 Å². The molecule has 0 unspecified atom stereocenters. The second-order valence-electron chi connectivity index (χ2n) is 6.46. The smallest absolute Gasteiger partial charge is 0.179 e. The fourth-order valence-corrected chi connectivity index (χ4v) is 3.60. The van der Waals surface area contributed by atoms with Crippen molar-refractivity contribution in [3.63, 3.8) is 0 Å². The van der Waals surface area contributed by atoms with Crippen LogP contribution in [0.25, 0.3) is 16.8 Å². The van der Waals surface area contributed by atoms with E-state index in [0.717, 1.165) is 35.5 Å². The normalized spacial score (nSPS) is 25.8. The topological polar surface area (TPSA) is 84.9 Å². The number of aromatic nitrogens is 5. The van der Waals surface area contributed by atoms with E-state index in [4.69, 9.17) is 5.73 Å². The summed E-state index contributed by atoms with van der Waals surface area (Å²) in [5, 5.41) is 8.72. The predicted octanol–water partition coefficient (Wildman–Crippen LogP) is 1.84. The van der Waals surface area contributed by atoms with Gasteiger partial charge in [0.25, 0.3) is 0 Å². The van der Waals surface area contributed by atoms with Crippen LogP contribution in [0, 0.1) is 5.41 Å². The molecule has 0 aliphatic heterocycles. The van der Waals surface area contributed by atoms with E-state index < -0.39 is 0 Å². The third-order valence-corrected chi connectivity index (χ3v) is 4.55. The average Bonchev–Trinajstić information content (AvgIpc) is 3.04. The van der Waals surface area contributed by atoms with Crippen LogP contribution in [-0.2, 0) is 0 Å². The molecule has 4 rings (SSSR count). The van der Waals surface area contributed by atoms with Crippen LogP contribution in [0.5, 0.6) is 0 Å². The maximum Gasteiger partial charge on any atom is 0.179 e. The Hall–Kier alpha value is -1.95. The lowest BCUT2D eigenvalue weighted by atomic mass is 9.81. The van der Waals surface area contributed by atoms with Crippen LogP contribution in [0.3, 0.4) is 0 Å². The van der Waals surface area contributed by atoms with Gasteiger partial charge in [0.1, 0.15) is 5.82 Å². The minimum atomic E-state index is 0.147. The van der Waals surface area contributed by atoms with Gasteiger partial charge in [-0.2, -0.15) is 0 Å². The largest absolute Gasteiger partial charge is 0.345 e. The second kappa shape index (κ2) is 3.79. The maximum atomic E-state index is 6.17. The predicted molar refractivity (Wildman–Crippen MR) is 76.4 cm³/mol. The first kappa shape index (κ1) is 11.8. The lowest BCUT2D eigenvalue weighted by Gasteiger charge is -2.25. The van der Waals surface area contributed by atoms with E-state index in [-0.39, 0.29) is 11.5 Å². The van der Waals surface area contributed by atoms with Crippen LogP contribution < -0.4 is 5.73 Å². The zero-order valence-corrected chi connectivity index (χ0v) is 11.7. The van der Waals surface area contributed by atoms with Crippen LogP contribution >= 0.6 is 0 Å². The summed E-state index contributed by atoms with van der Waals surface area (Å²) in [6.45, 7) is 4.53. The molecule has 2 atom stereocenters. The van der Waals surface area contributed by atoms with E-state index in [1.165, 1.54) is 0 Å². The van der Waals surface area contributed by atoms with Gasteiger partial charge in [-0.3, -0.25) is 4.40 Å². The van der Waals surface area contributed by atoms with Gasteiger partial charge in [-0.15, -0.1) is 10.2 Å². The molecular weight excluding hydrogens is 252 g/mol. The molecule has 1 aliphatic carbocycles. The molecule has 104 valence electrons. The zero-order chi connectivity index (χ0) is 13.9. The van der Waals surface area contributed by atoms with Crippen LogP contribution in [0.2, 0.25) is 0 Å². The van der Waals surface area contributed by atoms with Crippen LogP contribution in [0.4, 0.5) is 0 Å². The Balaban J connectivity index is 1.98. The Kier molecular flexibility index (Phi) is 2.24. The molecule has 1 fully saturated rings. The van der Waals surface area contributed by atoms with E-state index in [2.05, 4.69) is 38.4 Å². The highest BCUT2D eigenvalue weighted by Crippen LogP contribution is 2.47. The molecule has 3 aromatic heterocycles. The highest BCUT2D eigenvalue weighted by Gasteiger charge is 2.42. The first-order valence-corrected chi connectivity index (χ1v) is 6.99. The van der Waals surface area contributed by atoms with Gasteiger partial charge < -0.3 is 10.7 Å². The fourth-order valence-electron chi connectivity index (χ4n) is 3.60. The Bertz CT molecular complexity index is 783. The molecule has 0 aromatic carbocycles. The standard InChI is InChI=1S/C14H18N6/c1-14(2)6-8(15)5-9(14)13-19-18-11-7-17-12-10(20(11)13)3-4-16-12/h3-4,7-9,16H,5-6,15H2,1-2H3/t8-,9+/m0/s1. The molecule has 3 heterocycles. The van der Waals surface area contributed by atoms with Crippen molar-refractivity contribution >= 4 is 16.8 Å². The van der Waals surface area contributed by atoms with Crippen molar-refractivity contribution in [3.8, 4) is 0 Å². The lowest BCUT2D eigenvalue weighted by molar-refractivity contribution is 0.319. The Morgan fingerprint density at radius 2 is 2.25 bits per heavy atom. The zero-order valence-electron chi connectivity index (χ0n) is 11.7. The minimum Gasteiger partial charge on any atom is -0.345 e. The number of nitrogens with one attached hydrogen (secondary N) is 1. The third kappa shape index (κ3) is 1.51. The summed E-state index contributed by atoms with van der Waals surface area (Å²) < 4.78 is 2.11. The average molecular weight is 270 g/mol. The van der Waals surface area contributed by atoms with Crippen LogP contribution in [0.1, 0.15) is 38.4 Å². The van der Waals surface area contributed by atoms with Gasteiger partial charge in [0.05, 0.1) is 11.7 Å². The number of hydrogen-bond donors (Lipinski definition) is 2. The minimum absolute atomic E-state index is 0.147. The summed E-state index contributed by atoms with van der Waals surface area (Å²) in [5.41, 5.74) is 9.00. The summed E-state index contributed by atoms with van der Waals surface area (Å²) in [4.78, 5) is 7.49. The third-order valence-electron chi connectivity index (χ3n) is 4.55. The van der Waals surface area contributed by atoms with Crippen LogP contribution in [-0.4, -0.2) is 30.6 Å². The van der Waals surface area contributed by atoms with Crippen molar-refractivity contribution in [2.45, 2.75) is 38.6 Å². The molecule has 3 aromatic rings. The van der Waals surface area contributed by atoms with Gasteiger partial charge in [-0.05, 0) is 24.3 Å². The van der Waals surface area contributed by atoms with Gasteiger partial charge in [0.15, 0.2) is 11.3 Å². The number of hydrogen-bond acceptors (Lipinski definition) is 4. The molecule has 3 N–H and O–H groups in total. The van der Waals surface area contributed by atoms with E-state index >= 15 is 0 Å². The number of rotatable bonds is 1. The van der Waals surface area contributed by atoms with Crippen molar-refractivity contribution in [2.24, 2.45) is 11.1 Å². The Morgan fingerprint density at radius 1 is 1.40 bits per heavy atom. The van der Waals surface area contributed by atoms with E-state index in [9.17, 15) is 0 Å². The molecule has 6 heteroatoms. The van der Waals surface area contributed by atoms with Crippen molar-refractivity contribution in [2.75, 3.05) is 0 Å². The molecule has 20 heavy (non-hydrogen) atoms. The number of H-pyrrole nitrogens is 1. The molecule has 6 nitrogen and oxygen atoms in total. The number of nitrogens with zero attached hydrogens (tertiary/aromatic N) is 4. The fraction of sp³-hybridized carbons (Fsp3) is 0.500. The summed E-state index contributed by atoms with van der Waals surface area (Å²) in [7, 11) is 0. The van der Waals surface area contributed by atoms with E-state index in [1.807, 2.05) is 12.3 Å². The summed E-state index contributed by atoms with van der Waals surface area (Å²) in [6.07, 6.45) is 5.64. The lowest BCUT2D eigenvalue weighted by Crippen LogP contribution is -2.19. The number of fused-ring (bicyclic) bond motifs is 3. The van der Waals surface area contributed by atoms with Gasteiger partial charge >= 0.3 is 0 Å². The molecule has 0 radical (unpaired) electrons. The molecule has 0 spiro atoms. The number of aromatic amines is 1. The van der Waals surface area contributed by atoms with Gasteiger partial charge in [-0.25, -0.2) is 4.98 Å². The Labute approximate surface area is 116 Å². The summed E-state index contributed by atoms with van der Waals surface area (Å²) in [6, 6.07) is 2.26. The molecule has 1 aliphatic rings. The molecular formula is C14H18N6. The molecule has 1 saturated carbocycles.